The van der Waals surface area contributed by atoms with Gasteiger partial charge in [-0.05, 0) is 54.8 Å². The Balaban J connectivity index is 1.29. The number of nitrogens with zero attached hydrogens (tertiary/aromatic N) is 2. The van der Waals surface area contributed by atoms with E-state index in [0.29, 0.717) is 28.8 Å². The zero-order chi connectivity index (χ0) is 23.0. The first-order valence-corrected chi connectivity index (χ1v) is 11.2. The standard InChI is InChI=1S/C26H29N5O2/c1-19(32)28-22-7-9-23(10-8-22)30-26(33)21-11-14-27-25(17-21)29-24-12-15-31(16-13-24)18-20-5-3-2-4-6-20/h2-11,14,17,24H,12-13,15-16,18H2,1H3,(H,27,29)(H,28,32)(H,30,33). The molecule has 4 rings (SSSR count). The minimum Gasteiger partial charge on any atom is -0.367 e. The van der Waals surface area contributed by atoms with Crippen LogP contribution in [0, 0.1) is 0 Å². The maximum Gasteiger partial charge on any atom is 0.255 e. The predicted octanol–water partition coefficient (Wildman–Crippen LogP) is 4.37. The van der Waals surface area contributed by atoms with Crippen molar-refractivity contribution in [3.63, 3.8) is 0 Å². The first kappa shape index (κ1) is 22.5. The lowest BCUT2D eigenvalue weighted by atomic mass is 10.0. The number of rotatable bonds is 7. The van der Waals surface area contributed by atoms with E-state index in [4.69, 9.17) is 0 Å². The average molecular weight is 444 g/mol. The van der Waals surface area contributed by atoms with E-state index in [9.17, 15) is 9.59 Å². The average Bonchev–Trinajstić information content (AvgIpc) is 2.82. The smallest absolute Gasteiger partial charge is 0.255 e. The van der Waals surface area contributed by atoms with Crippen molar-refractivity contribution in [3.05, 3.63) is 84.1 Å². The minimum atomic E-state index is -0.203. The van der Waals surface area contributed by atoms with Gasteiger partial charge in [-0.2, -0.15) is 0 Å². The molecule has 1 aliphatic rings. The number of amides is 2. The zero-order valence-corrected chi connectivity index (χ0v) is 18.8. The van der Waals surface area contributed by atoms with E-state index in [2.05, 4.69) is 50.1 Å². The van der Waals surface area contributed by atoms with Gasteiger partial charge in [0, 0.05) is 55.7 Å². The monoisotopic (exact) mass is 443 g/mol. The van der Waals surface area contributed by atoms with Gasteiger partial charge in [-0.1, -0.05) is 30.3 Å². The van der Waals surface area contributed by atoms with Crippen molar-refractivity contribution in [2.24, 2.45) is 0 Å². The molecule has 2 heterocycles. The summed E-state index contributed by atoms with van der Waals surface area (Å²) >= 11 is 0. The number of piperidine rings is 1. The van der Waals surface area contributed by atoms with Crippen molar-refractivity contribution in [2.75, 3.05) is 29.0 Å². The lowest BCUT2D eigenvalue weighted by molar-refractivity contribution is -0.114. The molecule has 7 nitrogen and oxygen atoms in total. The fourth-order valence-corrected chi connectivity index (χ4v) is 3.98. The summed E-state index contributed by atoms with van der Waals surface area (Å²) < 4.78 is 0. The zero-order valence-electron chi connectivity index (χ0n) is 18.8. The summed E-state index contributed by atoms with van der Waals surface area (Å²) in [5.74, 6) is 0.376. The van der Waals surface area contributed by atoms with Crippen molar-refractivity contribution in [3.8, 4) is 0 Å². The number of likely N-dealkylation sites (tertiary alicyclic amines) is 1. The number of anilines is 3. The molecule has 7 heteroatoms. The number of aromatic nitrogens is 1. The van der Waals surface area contributed by atoms with E-state index >= 15 is 0 Å². The van der Waals surface area contributed by atoms with Gasteiger partial charge >= 0.3 is 0 Å². The fourth-order valence-electron chi connectivity index (χ4n) is 3.98. The number of hydrogen-bond donors (Lipinski definition) is 3. The van der Waals surface area contributed by atoms with Crippen molar-refractivity contribution in [2.45, 2.75) is 32.4 Å². The Morgan fingerprint density at radius 1 is 0.939 bits per heavy atom. The van der Waals surface area contributed by atoms with Crippen LogP contribution in [0.15, 0.2) is 72.9 Å². The maximum absolute atomic E-state index is 12.7. The molecule has 33 heavy (non-hydrogen) atoms. The summed E-state index contributed by atoms with van der Waals surface area (Å²) in [5, 5.41) is 9.08. The molecule has 1 fully saturated rings. The topological polar surface area (TPSA) is 86.4 Å². The van der Waals surface area contributed by atoms with Crippen molar-refractivity contribution >= 4 is 29.0 Å². The summed E-state index contributed by atoms with van der Waals surface area (Å²) in [6, 6.07) is 21.4. The van der Waals surface area contributed by atoms with Gasteiger partial charge in [-0.3, -0.25) is 14.5 Å². The highest BCUT2D eigenvalue weighted by Gasteiger charge is 2.20. The molecule has 0 bridgehead atoms. The molecule has 1 saturated heterocycles. The number of pyridine rings is 1. The lowest BCUT2D eigenvalue weighted by Gasteiger charge is -2.32. The summed E-state index contributed by atoms with van der Waals surface area (Å²) in [6.45, 7) is 4.49. The third kappa shape index (κ3) is 6.63. The first-order chi connectivity index (χ1) is 16.0. The van der Waals surface area contributed by atoms with E-state index in [1.165, 1.54) is 12.5 Å². The minimum absolute atomic E-state index is 0.134. The summed E-state index contributed by atoms with van der Waals surface area (Å²) in [7, 11) is 0. The number of nitrogens with one attached hydrogen (secondary N) is 3. The van der Waals surface area contributed by atoms with Gasteiger partial charge in [0.2, 0.25) is 5.91 Å². The van der Waals surface area contributed by atoms with Gasteiger partial charge in [0.15, 0.2) is 0 Å². The second-order valence-electron chi connectivity index (χ2n) is 8.32. The van der Waals surface area contributed by atoms with Crippen LogP contribution in [-0.4, -0.2) is 40.8 Å². The van der Waals surface area contributed by atoms with Crippen LogP contribution in [0.4, 0.5) is 17.2 Å². The maximum atomic E-state index is 12.7. The van der Waals surface area contributed by atoms with Gasteiger partial charge in [-0.15, -0.1) is 0 Å². The highest BCUT2D eigenvalue weighted by atomic mass is 16.2. The Morgan fingerprint density at radius 3 is 2.27 bits per heavy atom. The normalized spacial score (nSPS) is 14.5. The van der Waals surface area contributed by atoms with E-state index in [1.807, 2.05) is 6.07 Å². The third-order valence-electron chi connectivity index (χ3n) is 5.67. The van der Waals surface area contributed by atoms with Crippen molar-refractivity contribution < 1.29 is 9.59 Å². The second kappa shape index (κ2) is 10.7. The Labute approximate surface area is 194 Å². The summed E-state index contributed by atoms with van der Waals surface area (Å²) in [6.07, 6.45) is 3.72. The molecule has 0 radical (unpaired) electrons. The number of carbonyl (C=O) groups is 2. The second-order valence-corrected chi connectivity index (χ2v) is 8.32. The molecular weight excluding hydrogens is 414 g/mol. The number of carbonyl (C=O) groups excluding carboxylic acids is 2. The van der Waals surface area contributed by atoms with Crippen molar-refractivity contribution in [1.29, 1.82) is 0 Å². The molecule has 0 saturated carbocycles. The largest absolute Gasteiger partial charge is 0.367 e. The van der Waals surface area contributed by atoms with E-state index in [1.54, 1.807) is 42.6 Å². The summed E-state index contributed by atoms with van der Waals surface area (Å²) in [4.78, 5) is 30.7. The Hall–Kier alpha value is -3.71. The SMILES string of the molecule is CC(=O)Nc1ccc(NC(=O)c2ccnc(NC3CCN(Cc4ccccc4)CC3)c2)cc1. The van der Waals surface area contributed by atoms with Crippen LogP contribution >= 0.6 is 0 Å². The van der Waals surface area contributed by atoms with Crippen molar-refractivity contribution in [1.82, 2.24) is 9.88 Å². The van der Waals surface area contributed by atoms with Crippen LogP contribution < -0.4 is 16.0 Å². The molecule has 3 aromatic rings. The fraction of sp³-hybridized carbons (Fsp3) is 0.269. The molecule has 170 valence electrons. The van der Waals surface area contributed by atoms with Crippen LogP contribution in [-0.2, 0) is 11.3 Å². The van der Waals surface area contributed by atoms with E-state index in [-0.39, 0.29) is 11.8 Å². The quantitative estimate of drug-likeness (QED) is 0.505. The molecule has 2 amide bonds. The molecule has 1 aromatic heterocycles. The van der Waals surface area contributed by atoms with Crippen LogP contribution in [0.25, 0.3) is 0 Å². The van der Waals surface area contributed by atoms with Crippen LogP contribution in [0.2, 0.25) is 0 Å². The van der Waals surface area contributed by atoms with Gasteiger partial charge in [0.05, 0.1) is 0 Å². The molecule has 2 aromatic carbocycles. The molecule has 0 atom stereocenters. The van der Waals surface area contributed by atoms with Crippen LogP contribution in [0.3, 0.4) is 0 Å². The highest BCUT2D eigenvalue weighted by molar-refractivity contribution is 6.04. The molecule has 0 aliphatic carbocycles. The Bertz CT molecular complexity index is 1080. The van der Waals surface area contributed by atoms with Gasteiger partial charge in [0.1, 0.15) is 5.82 Å². The van der Waals surface area contributed by atoms with E-state index < -0.39 is 0 Å². The van der Waals surface area contributed by atoms with Crippen LogP contribution in [0.1, 0.15) is 35.7 Å². The Morgan fingerprint density at radius 2 is 1.61 bits per heavy atom. The molecule has 0 unspecified atom stereocenters. The van der Waals surface area contributed by atoms with Gasteiger partial charge in [0.25, 0.3) is 5.91 Å². The van der Waals surface area contributed by atoms with Gasteiger partial charge < -0.3 is 16.0 Å². The first-order valence-electron chi connectivity index (χ1n) is 11.2. The molecular formula is C26H29N5O2. The van der Waals surface area contributed by atoms with Crippen LogP contribution in [0.5, 0.6) is 0 Å². The number of hydrogen-bond acceptors (Lipinski definition) is 5. The third-order valence-corrected chi connectivity index (χ3v) is 5.67. The molecule has 1 aliphatic heterocycles. The van der Waals surface area contributed by atoms with E-state index in [0.717, 1.165) is 32.5 Å². The number of benzene rings is 2. The predicted molar refractivity (Wildman–Crippen MR) is 131 cm³/mol. The van der Waals surface area contributed by atoms with Gasteiger partial charge in [-0.25, -0.2) is 4.98 Å². The Kier molecular flexibility index (Phi) is 7.32. The lowest BCUT2D eigenvalue weighted by Crippen LogP contribution is -2.38. The summed E-state index contributed by atoms with van der Waals surface area (Å²) in [5.41, 5.74) is 3.23. The molecule has 3 N–H and O–H groups in total. The molecule has 0 spiro atoms. The highest BCUT2D eigenvalue weighted by Crippen LogP contribution is 2.19.